The molecule has 0 radical (unpaired) electrons. The van der Waals surface area contributed by atoms with Crippen LogP contribution in [0.5, 0.6) is 0 Å². The minimum absolute atomic E-state index is 0.0619. The van der Waals surface area contributed by atoms with E-state index in [1.165, 1.54) is 0 Å². The van der Waals surface area contributed by atoms with Crippen LogP contribution in [0.15, 0.2) is 0 Å². The topological polar surface area (TPSA) is 69.6 Å². The summed E-state index contributed by atoms with van der Waals surface area (Å²) in [4.78, 5) is 24.4. The molecule has 2 N–H and O–H groups in total. The van der Waals surface area contributed by atoms with Crippen LogP contribution in [0.4, 0.5) is 0 Å². The molecule has 1 saturated heterocycles. The molecule has 0 bridgehead atoms. The molecule has 15 heavy (non-hydrogen) atoms. The van der Waals surface area contributed by atoms with Crippen molar-refractivity contribution in [3.05, 3.63) is 0 Å². The summed E-state index contributed by atoms with van der Waals surface area (Å²) < 4.78 is 0. The van der Waals surface area contributed by atoms with Gasteiger partial charge in [0.05, 0.1) is 6.04 Å². The molecule has 2 fully saturated rings. The number of aliphatic carboxylic acids is 1. The van der Waals surface area contributed by atoms with Crippen molar-refractivity contribution in [2.75, 3.05) is 13.1 Å². The van der Waals surface area contributed by atoms with Gasteiger partial charge in [-0.05, 0) is 25.7 Å². The van der Waals surface area contributed by atoms with Crippen molar-refractivity contribution >= 4 is 11.9 Å². The minimum atomic E-state index is -0.793. The Morgan fingerprint density at radius 3 is 2.80 bits per heavy atom. The largest absolute Gasteiger partial charge is 0.480 e. The molecule has 2 unspecified atom stereocenters. The first-order chi connectivity index (χ1) is 7.11. The summed E-state index contributed by atoms with van der Waals surface area (Å²) in [5.41, 5.74) is 0. The highest BCUT2D eigenvalue weighted by molar-refractivity contribution is 5.83. The Hall–Kier alpha value is -1.10. The van der Waals surface area contributed by atoms with Gasteiger partial charge >= 0.3 is 5.97 Å². The normalized spacial score (nSPS) is 29.7. The lowest BCUT2D eigenvalue weighted by atomic mass is 10.1. The molecule has 1 aliphatic heterocycles. The summed E-state index contributed by atoms with van der Waals surface area (Å²) in [6.45, 7) is 2.97. The van der Waals surface area contributed by atoms with Gasteiger partial charge in [-0.1, -0.05) is 0 Å². The number of rotatable bonds is 3. The zero-order valence-electron chi connectivity index (χ0n) is 8.77. The molecule has 2 atom stereocenters. The molecule has 2 aliphatic rings. The fourth-order valence-electron chi connectivity index (χ4n) is 2.21. The van der Waals surface area contributed by atoms with Crippen molar-refractivity contribution in [1.82, 2.24) is 10.2 Å². The van der Waals surface area contributed by atoms with E-state index in [4.69, 9.17) is 5.11 Å². The van der Waals surface area contributed by atoms with Gasteiger partial charge in [-0.25, -0.2) is 0 Å². The zero-order valence-corrected chi connectivity index (χ0v) is 8.77. The summed E-state index contributed by atoms with van der Waals surface area (Å²) >= 11 is 0. The van der Waals surface area contributed by atoms with Crippen LogP contribution in [0.3, 0.4) is 0 Å². The third-order valence-corrected chi connectivity index (χ3v) is 3.22. The summed E-state index contributed by atoms with van der Waals surface area (Å²) in [6.07, 6.45) is 1.95. The fourth-order valence-corrected chi connectivity index (χ4v) is 2.21. The summed E-state index contributed by atoms with van der Waals surface area (Å²) in [7, 11) is 0. The van der Waals surface area contributed by atoms with Crippen LogP contribution in [0.1, 0.15) is 19.8 Å². The van der Waals surface area contributed by atoms with Gasteiger partial charge in [0.15, 0.2) is 0 Å². The van der Waals surface area contributed by atoms with Crippen LogP contribution < -0.4 is 5.32 Å². The molecule has 0 aromatic carbocycles. The molecule has 1 saturated carbocycles. The van der Waals surface area contributed by atoms with Crippen molar-refractivity contribution in [3.63, 3.8) is 0 Å². The second kappa shape index (κ2) is 3.81. The predicted octanol–water partition coefficient (Wildman–Crippen LogP) is -0.330. The third kappa shape index (κ3) is 1.97. The van der Waals surface area contributed by atoms with Crippen molar-refractivity contribution in [1.29, 1.82) is 0 Å². The maximum Gasteiger partial charge on any atom is 0.321 e. The van der Waals surface area contributed by atoms with Gasteiger partial charge in [0.25, 0.3) is 0 Å². The van der Waals surface area contributed by atoms with Gasteiger partial charge in [-0.15, -0.1) is 0 Å². The first kappa shape index (κ1) is 10.4. The Bertz CT molecular complexity index is 288. The SMILES string of the molecule is CC1C(=O)NCCN1C(C(=O)O)C1CC1. The highest BCUT2D eigenvalue weighted by atomic mass is 16.4. The predicted molar refractivity (Wildman–Crippen MR) is 53.3 cm³/mol. The summed E-state index contributed by atoms with van der Waals surface area (Å²) in [5.74, 6) is -0.608. The molecule has 0 spiro atoms. The second-order valence-electron chi connectivity index (χ2n) is 4.33. The van der Waals surface area contributed by atoms with Crippen molar-refractivity contribution in [2.45, 2.75) is 31.8 Å². The number of piperazine rings is 1. The molecule has 1 amide bonds. The molecule has 5 nitrogen and oxygen atoms in total. The smallest absolute Gasteiger partial charge is 0.321 e. The number of carbonyl (C=O) groups is 2. The lowest BCUT2D eigenvalue weighted by molar-refractivity contribution is -0.147. The average molecular weight is 212 g/mol. The lowest BCUT2D eigenvalue weighted by Gasteiger charge is -2.36. The van der Waals surface area contributed by atoms with Crippen LogP contribution >= 0.6 is 0 Å². The Balaban J connectivity index is 2.11. The number of carbonyl (C=O) groups excluding carboxylic acids is 1. The fraction of sp³-hybridized carbons (Fsp3) is 0.800. The number of nitrogens with zero attached hydrogens (tertiary/aromatic N) is 1. The monoisotopic (exact) mass is 212 g/mol. The number of carboxylic acids is 1. The number of amides is 1. The Morgan fingerprint density at radius 2 is 2.27 bits per heavy atom. The van der Waals surface area contributed by atoms with Crippen LogP contribution in [0.25, 0.3) is 0 Å². The highest BCUT2D eigenvalue weighted by Gasteiger charge is 2.44. The van der Waals surface area contributed by atoms with Crippen molar-refractivity contribution in [3.8, 4) is 0 Å². The number of hydrogen-bond donors (Lipinski definition) is 2. The Labute approximate surface area is 88.4 Å². The van der Waals surface area contributed by atoms with Crippen molar-refractivity contribution < 1.29 is 14.7 Å². The standard InChI is InChI=1S/C10H16N2O3/c1-6-9(13)11-4-5-12(6)8(10(14)15)7-2-3-7/h6-8H,2-5H2,1H3,(H,11,13)(H,14,15). The van der Waals surface area contributed by atoms with E-state index < -0.39 is 12.0 Å². The van der Waals surface area contributed by atoms with Gasteiger partial charge in [0.2, 0.25) is 5.91 Å². The molecule has 84 valence electrons. The second-order valence-corrected chi connectivity index (χ2v) is 4.33. The molecule has 0 aromatic heterocycles. The first-order valence-corrected chi connectivity index (χ1v) is 5.37. The summed E-state index contributed by atoms with van der Waals surface area (Å²) in [5, 5.41) is 11.9. The average Bonchev–Trinajstić information content (AvgIpc) is 2.96. The van der Waals surface area contributed by atoms with E-state index in [9.17, 15) is 9.59 Å². The van der Waals surface area contributed by atoms with Gasteiger partial charge in [0, 0.05) is 13.1 Å². The van der Waals surface area contributed by atoms with E-state index in [2.05, 4.69) is 5.32 Å². The quantitative estimate of drug-likeness (QED) is 0.672. The molecule has 1 aliphatic carbocycles. The zero-order chi connectivity index (χ0) is 11.0. The van der Waals surface area contributed by atoms with Gasteiger partial charge in [-0.2, -0.15) is 0 Å². The lowest BCUT2D eigenvalue weighted by Crippen LogP contribution is -2.59. The minimum Gasteiger partial charge on any atom is -0.480 e. The van der Waals surface area contributed by atoms with E-state index in [1.54, 1.807) is 6.92 Å². The van der Waals surface area contributed by atoms with Crippen LogP contribution in [0, 0.1) is 5.92 Å². The maximum atomic E-state index is 11.4. The maximum absolute atomic E-state index is 11.4. The van der Waals surface area contributed by atoms with Crippen LogP contribution in [0.2, 0.25) is 0 Å². The van der Waals surface area contributed by atoms with E-state index in [-0.39, 0.29) is 17.9 Å². The summed E-state index contributed by atoms with van der Waals surface area (Å²) in [6, 6.07) is -0.786. The number of carboxylic acid groups (broad SMARTS) is 1. The van der Waals surface area contributed by atoms with Gasteiger partial charge in [0.1, 0.15) is 6.04 Å². The van der Waals surface area contributed by atoms with E-state index in [0.717, 1.165) is 12.8 Å². The Kier molecular flexibility index (Phi) is 2.65. The molecule has 2 rings (SSSR count). The van der Waals surface area contributed by atoms with Gasteiger partial charge in [-0.3, -0.25) is 14.5 Å². The van der Waals surface area contributed by atoms with Gasteiger partial charge < -0.3 is 10.4 Å². The van der Waals surface area contributed by atoms with Crippen LogP contribution in [-0.4, -0.2) is 47.1 Å². The Morgan fingerprint density at radius 1 is 1.60 bits per heavy atom. The molecule has 1 heterocycles. The van der Waals surface area contributed by atoms with E-state index in [0.29, 0.717) is 13.1 Å². The molecule has 0 aromatic rings. The molecule has 5 heteroatoms. The number of nitrogens with one attached hydrogen (secondary N) is 1. The first-order valence-electron chi connectivity index (χ1n) is 5.37. The molecular weight excluding hydrogens is 196 g/mol. The van der Waals surface area contributed by atoms with Crippen LogP contribution in [-0.2, 0) is 9.59 Å². The van der Waals surface area contributed by atoms with E-state index >= 15 is 0 Å². The third-order valence-electron chi connectivity index (χ3n) is 3.22. The number of hydrogen-bond acceptors (Lipinski definition) is 3. The molecular formula is C10H16N2O3. The van der Waals surface area contributed by atoms with E-state index in [1.807, 2.05) is 4.90 Å². The highest BCUT2D eigenvalue weighted by Crippen LogP contribution is 2.36. The van der Waals surface area contributed by atoms with Crippen molar-refractivity contribution in [2.24, 2.45) is 5.92 Å².